The number of hydrogen-bond donors (Lipinski definition) is 1. The van der Waals surface area contributed by atoms with Crippen molar-refractivity contribution in [1.82, 2.24) is 14.1 Å². The average Bonchev–Trinajstić information content (AvgIpc) is 3.25. The summed E-state index contributed by atoms with van der Waals surface area (Å²) in [5, 5.41) is 13.1. The lowest BCUT2D eigenvalue weighted by molar-refractivity contribution is 0.720. The van der Waals surface area contributed by atoms with Gasteiger partial charge in [-0.3, -0.25) is 9.36 Å². The number of aryl methyl sites for hydroxylation is 1. The SMILES string of the molecule is CCn1c(=O)/c(=C\Nc2ccccc2)s/c1=C(/C#N)c1nc2ccccc2n1C. The van der Waals surface area contributed by atoms with Crippen molar-refractivity contribution in [2.24, 2.45) is 7.05 Å². The Kier molecular flexibility index (Phi) is 5.02. The van der Waals surface area contributed by atoms with Crippen molar-refractivity contribution in [3.63, 3.8) is 0 Å². The Labute approximate surface area is 171 Å². The first-order chi connectivity index (χ1) is 14.1. The van der Waals surface area contributed by atoms with Crippen LogP contribution >= 0.6 is 11.3 Å². The van der Waals surface area contributed by atoms with E-state index in [1.54, 1.807) is 10.8 Å². The molecule has 0 aliphatic carbocycles. The number of rotatable bonds is 4. The van der Waals surface area contributed by atoms with Crippen LogP contribution in [0.1, 0.15) is 12.7 Å². The number of anilines is 1. The molecule has 4 rings (SSSR count). The number of hydrogen-bond acceptors (Lipinski definition) is 5. The van der Waals surface area contributed by atoms with E-state index in [4.69, 9.17) is 0 Å². The van der Waals surface area contributed by atoms with Crippen LogP contribution < -0.4 is 20.1 Å². The van der Waals surface area contributed by atoms with E-state index in [-0.39, 0.29) is 5.56 Å². The maximum absolute atomic E-state index is 12.9. The Balaban J connectivity index is 1.94. The van der Waals surface area contributed by atoms with E-state index < -0.39 is 0 Å². The molecule has 1 N–H and O–H groups in total. The highest BCUT2D eigenvalue weighted by Crippen LogP contribution is 2.18. The molecule has 2 aromatic carbocycles. The zero-order valence-electron chi connectivity index (χ0n) is 16.1. The molecule has 0 aliphatic heterocycles. The molecule has 0 amide bonds. The first-order valence-corrected chi connectivity index (χ1v) is 10.0. The zero-order valence-corrected chi connectivity index (χ0v) is 16.9. The van der Waals surface area contributed by atoms with Crippen molar-refractivity contribution in [3.05, 3.63) is 80.0 Å². The molecule has 4 aromatic rings. The monoisotopic (exact) mass is 401 g/mol. The number of nitrogens with zero attached hydrogens (tertiary/aromatic N) is 4. The van der Waals surface area contributed by atoms with Crippen molar-refractivity contribution in [2.45, 2.75) is 13.5 Å². The van der Waals surface area contributed by atoms with Gasteiger partial charge in [0.2, 0.25) is 0 Å². The molecule has 0 radical (unpaired) electrons. The molecule has 0 fully saturated rings. The number of imidazole rings is 1. The molecule has 29 heavy (non-hydrogen) atoms. The van der Waals surface area contributed by atoms with Crippen LogP contribution in [0.4, 0.5) is 5.69 Å². The fraction of sp³-hybridized carbons (Fsp3) is 0.136. The molecule has 7 heteroatoms. The molecule has 0 atom stereocenters. The van der Waals surface area contributed by atoms with Gasteiger partial charge in [0.25, 0.3) is 5.56 Å². The summed E-state index contributed by atoms with van der Waals surface area (Å²) in [5.41, 5.74) is 2.92. The summed E-state index contributed by atoms with van der Waals surface area (Å²) in [7, 11) is 1.88. The number of nitriles is 1. The summed E-state index contributed by atoms with van der Waals surface area (Å²) in [6.45, 7) is 2.37. The second-order valence-corrected chi connectivity index (χ2v) is 7.48. The second kappa shape index (κ2) is 7.78. The van der Waals surface area contributed by atoms with Gasteiger partial charge in [0.05, 0.1) is 11.0 Å². The summed E-state index contributed by atoms with van der Waals surface area (Å²) >= 11 is 1.30. The maximum Gasteiger partial charge on any atom is 0.270 e. The van der Waals surface area contributed by atoms with Crippen LogP contribution in [0, 0.1) is 11.3 Å². The van der Waals surface area contributed by atoms with Gasteiger partial charge in [-0.2, -0.15) is 5.26 Å². The largest absolute Gasteiger partial charge is 0.360 e. The van der Waals surface area contributed by atoms with Crippen LogP contribution in [0.5, 0.6) is 0 Å². The Hall–Kier alpha value is -3.63. The van der Waals surface area contributed by atoms with E-state index in [0.717, 1.165) is 16.7 Å². The smallest absolute Gasteiger partial charge is 0.270 e. The van der Waals surface area contributed by atoms with Gasteiger partial charge in [0.15, 0.2) is 5.82 Å². The molecule has 0 unspecified atom stereocenters. The van der Waals surface area contributed by atoms with E-state index in [0.29, 0.717) is 27.1 Å². The fourth-order valence-corrected chi connectivity index (χ4v) is 4.32. The molecule has 2 heterocycles. The minimum Gasteiger partial charge on any atom is -0.360 e. The number of benzene rings is 2. The third-order valence-corrected chi connectivity index (χ3v) is 5.83. The molecular weight excluding hydrogens is 382 g/mol. The Morgan fingerprint density at radius 1 is 1.21 bits per heavy atom. The van der Waals surface area contributed by atoms with E-state index in [1.807, 2.05) is 73.1 Å². The maximum atomic E-state index is 12.9. The molecule has 0 spiro atoms. The van der Waals surface area contributed by atoms with E-state index in [9.17, 15) is 10.1 Å². The van der Waals surface area contributed by atoms with Crippen LogP contribution in [0.2, 0.25) is 0 Å². The third kappa shape index (κ3) is 3.35. The molecule has 144 valence electrons. The standard InChI is InChI=1S/C22H19N5OS/c1-3-27-21(28)19(14-24-15-9-5-4-6-10-15)29-22(27)16(13-23)20-25-17-11-7-8-12-18(17)26(20)2/h4-12,14,24H,3H2,1-2H3/b19-14+,22-16-. The molecule has 0 saturated carbocycles. The van der Waals surface area contributed by atoms with Crippen LogP contribution in [0.15, 0.2) is 59.4 Å². The summed E-state index contributed by atoms with van der Waals surface area (Å²) in [6.07, 6.45) is 1.70. The lowest BCUT2D eigenvalue weighted by atomic mass is 10.3. The Morgan fingerprint density at radius 3 is 2.62 bits per heavy atom. The van der Waals surface area contributed by atoms with Gasteiger partial charge in [-0.1, -0.05) is 30.3 Å². The summed E-state index contributed by atoms with van der Waals surface area (Å²) in [4.78, 5) is 17.5. The topological polar surface area (TPSA) is 75.6 Å². The minimum atomic E-state index is -0.123. The van der Waals surface area contributed by atoms with Crippen molar-refractivity contribution in [3.8, 4) is 6.07 Å². The zero-order chi connectivity index (χ0) is 20.4. The normalized spacial score (nSPS) is 12.8. The predicted molar refractivity (Wildman–Crippen MR) is 117 cm³/mol. The molecule has 0 bridgehead atoms. The quantitative estimate of drug-likeness (QED) is 0.570. The lowest BCUT2D eigenvalue weighted by Gasteiger charge is -2.01. The highest BCUT2D eigenvalue weighted by Gasteiger charge is 2.16. The second-order valence-electron chi connectivity index (χ2n) is 6.45. The van der Waals surface area contributed by atoms with Crippen LogP contribution in [0.3, 0.4) is 0 Å². The lowest BCUT2D eigenvalue weighted by Crippen LogP contribution is -2.32. The third-order valence-electron chi connectivity index (χ3n) is 4.70. The van der Waals surface area contributed by atoms with Gasteiger partial charge in [0, 0.05) is 25.5 Å². The number of nitrogens with one attached hydrogen (secondary N) is 1. The highest BCUT2D eigenvalue weighted by atomic mass is 32.1. The molecule has 0 saturated heterocycles. The molecule has 2 aromatic heterocycles. The van der Waals surface area contributed by atoms with Gasteiger partial charge in [0.1, 0.15) is 20.8 Å². The van der Waals surface area contributed by atoms with E-state index >= 15 is 0 Å². The van der Waals surface area contributed by atoms with Gasteiger partial charge in [-0.15, -0.1) is 11.3 Å². The molecule has 6 nitrogen and oxygen atoms in total. The molecular formula is C22H19N5OS. The van der Waals surface area contributed by atoms with Gasteiger partial charge >= 0.3 is 0 Å². The Morgan fingerprint density at radius 2 is 1.93 bits per heavy atom. The van der Waals surface area contributed by atoms with Crippen LogP contribution in [0.25, 0.3) is 22.8 Å². The number of thiazole rings is 1. The Bertz CT molecular complexity index is 1400. The highest BCUT2D eigenvalue weighted by molar-refractivity contribution is 7.07. The van der Waals surface area contributed by atoms with Gasteiger partial charge < -0.3 is 9.88 Å². The van der Waals surface area contributed by atoms with Crippen LogP contribution in [-0.2, 0) is 13.6 Å². The predicted octanol–water partition coefficient (Wildman–Crippen LogP) is 2.39. The number of para-hydroxylation sites is 3. The van der Waals surface area contributed by atoms with Crippen molar-refractivity contribution in [1.29, 1.82) is 5.26 Å². The molecule has 0 aliphatic rings. The average molecular weight is 401 g/mol. The summed E-state index contributed by atoms with van der Waals surface area (Å²) in [5.74, 6) is 0.555. The fourth-order valence-electron chi connectivity index (χ4n) is 3.24. The van der Waals surface area contributed by atoms with Crippen LogP contribution in [-0.4, -0.2) is 14.1 Å². The first-order valence-electron chi connectivity index (χ1n) is 9.21. The van der Waals surface area contributed by atoms with Gasteiger partial charge in [-0.05, 0) is 31.2 Å². The van der Waals surface area contributed by atoms with E-state index in [1.165, 1.54) is 11.3 Å². The van der Waals surface area contributed by atoms with E-state index in [2.05, 4.69) is 16.4 Å². The summed E-state index contributed by atoms with van der Waals surface area (Å²) < 4.78 is 4.67. The van der Waals surface area contributed by atoms with Gasteiger partial charge in [-0.25, -0.2) is 4.98 Å². The number of aromatic nitrogens is 3. The summed E-state index contributed by atoms with van der Waals surface area (Å²) in [6, 6.07) is 19.6. The number of fused-ring (bicyclic) bond motifs is 1. The minimum absolute atomic E-state index is 0.123. The first kappa shape index (κ1) is 18.7. The van der Waals surface area contributed by atoms with Crippen molar-refractivity contribution < 1.29 is 0 Å². The van der Waals surface area contributed by atoms with Crippen molar-refractivity contribution >= 4 is 39.8 Å². The van der Waals surface area contributed by atoms with Crippen molar-refractivity contribution in [2.75, 3.05) is 5.32 Å².